The molecule has 0 heterocycles. The minimum atomic E-state index is -0.720. The predicted molar refractivity (Wildman–Crippen MR) is 67.6 cm³/mol. The topological polar surface area (TPSA) is 98.3 Å². The first-order chi connectivity index (χ1) is 8.67. The Kier molecular flexibility index (Phi) is 5.06. The lowest BCUT2D eigenvalue weighted by molar-refractivity contribution is -0.134. The Hall–Kier alpha value is -2.68. The van der Waals surface area contributed by atoms with Gasteiger partial charge in [0, 0.05) is 0 Å². The summed E-state index contributed by atoms with van der Waals surface area (Å²) in [6.07, 6.45) is 1.07. The summed E-state index contributed by atoms with van der Waals surface area (Å²) < 4.78 is 4.62. The predicted octanol–water partition coefficient (Wildman–Crippen LogP) is 1.54. The van der Waals surface area contributed by atoms with Crippen molar-refractivity contribution >= 4 is 23.6 Å². The zero-order valence-electron chi connectivity index (χ0n) is 9.80. The van der Waals surface area contributed by atoms with Gasteiger partial charge in [0.1, 0.15) is 0 Å². The van der Waals surface area contributed by atoms with Crippen LogP contribution in [0.3, 0.4) is 0 Å². The molecule has 0 aromatic heterocycles. The van der Waals surface area contributed by atoms with E-state index in [9.17, 15) is 4.79 Å². The molecule has 6 heteroatoms. The minimum absolute atomic E-state index is 0.220. The van der Waals surface area contributed by atoms with Crippen LogP contribution in [0.2, 0.25) is 0 Å². The van der Waals surface area contributed by atoms with Crippen molar-refractivity contribution in [2.75, 3.05) is 12.0 Å². The van der Waals surface area contributed by atoms with Crippen molar-refractivity contribution in [2.45, 2.75) is 6.92 Å². The molecule has 0 atom stereocenters. The number of carbonyl (C=O) groups excluding carboxylic acids is 1. The van der Waals surface area contributed by atoms with Gasteiger partial charge in [-0.15, -0.1) is 0 Å². The van der Waals surface area contributed by atoms with Gasteiger partial charge in [0.25, 0.3) is 0 Å². The maximum atomic E-state index is 11.1. The fourth-order valence-corrected chi connectivity index (χ4v) is 1.05. The molecular formula is C12H12N4O2. The smallest absolute Gasteiger partial charge is 0.357 e. The van der Waals surface area contributed by atoms with Crippen molar-refractivity contribution in [3.8, 4) is 6.07 Å². The van der Waals surface area contributed by atoms with E-state index in [2.05, 4.69) is 15.3 Å². The zero-order chi connectivity index (χ0) is 13.4. The van der Waals surface area contributed by atoms with Gasteiger partial charge in [0.2, 0.25) is 0 Å². The highest BCUT2D eigenvalue weighted by atomic mass is 16.5. The molecule has 0 aliphatic rings. The lowest BCUT2D eigenvalue weighted by Gasteiger charge is -2.00. The summed E-state index contributed by atoms with van der Waals surface area (Å²) in [5, 5.41) is 19.6. The summed E-state index contributed by atoms with van der Waals surface area (Å²) in [6, 6.07) is 8.60. The molecular weight excluding hydrogens is 232 g/mol. The van der Waals surface area contributed by atoms with Gasteiger partial charge >= 0.3 is 5.97 Å². The van der Waals surface area contributed by atoms with Crippen LogP contribution in [0.5, 0.6) is 0 Å². The molecule has 0 spiro atoms. The molecule has 0 aliphatic carbocycles. The van der Waals surface area contributed by atoms with Crippen LogP contribution in [0, 0.1) is 16.7 Å². The number of hydrogen-bond acceptors (Lipinski definition) is 6. The first-order valence-corrected chi connectivity index (χ1v) is 5.22. The number of nitriles is 1. The molecule has 0 fully saturated rings. The summed E-state index contributed by atoms with van der Waals surface area (Å²) in [6.45, 7) is 1.88. The SMILES string of the molecule is CCOC(=O)C(=N)/C=N\Nc1ccc(C#N)cc1. The van der Waals surface area contributed by atoms with E-state index >= 15 is 0 Å². The molecule has 6 nitrogen and oxygen atoms in total. The van der Waals surface area contributed by atoms with Crippen molar-refractivity contribution in [2.24, 2.45) is 5.10 Å². The van der Waals surface area contributed by atoms with E-state index in [4.69, 9.17) is 10.7 Å². The summed E-state index contributed by atoms with van der Waals surface area (Å²) in [4.78, 5) is 11.1. The van der Waals surface area contributed by atoms with Gasteiger partial charge in [-0.1, -0.05) is 0 Å². The van der Waals surface area contributed by atoms with Gasteiger partial charge in [0.05, 0.1) is 30.1 Å². The number of benzene rings is 1. The van der Waals surface area contributed by atoms with Crippen LogP contribution in [0.4, 0.5) is 5.69 Å². The number of hydrazone groups is 1. The molecule has 1 aromatic rings. The maximum absolute atomic E-state index is 11.1. The van der Waals surface area contributed by atoms with Crippen LogP contribution in [-0.4, -0.2) is 24.5 Å². The maximum Gasteiger partial charge on any atom is 0.357 e. The molecule has 0 aliphatic heterocycles. The molecule has 0 unspecified atom stereocenters. The Morgan fingerprint density at radius 1 is 1.56 bits per heavy atom. The largest absolute Gasteiger partial charge is 0.461 e. The highest BCUT2D eigenvalue weighted by Gasteiger charge is 2.06. The molecule has 1 aromatic carbocycles. The van der Waals surface area contributed by atoms with Crippen LogP contribution in [0.15, 0.2) is 29.4 Å². The standard InChI is InChI=1S/C12H12N4O2/c1-2-18-12(17)11(14)8-15-16-10-5-3-9(7-13)4-6-10/h3-6,8,14,16H,2H2,1H3/b14-11?,15-8-. The Morgan fingerprint density at radius 3 is 2.78 bits per heavy atom. The van der Waals surface area contributed by atoms with Crippen molar-refractivity contribution in [3.05, 3.63) is 29.8 Å². The van der Waals surface area contributed by atoms with Gasteiger partial charge in [0.15, 0.2) is 5.71 Å². The third-order valence-corrected chi connectivity index (χ3v) is 1.90. The van der Waals surface area contributed by atoms with Crippen LogP contribution in [0.25, 0.3) is 0 Å². The lowest BCUT2D eigenvalue weighted by atomic mass is 10.2. The van der Waals surface area contributed by atoms with E-state index in [1.165, 1.54) is 0 Å². The van der Waals surface area contributed by atoms with E-state index in [1.54, 1.807) is 31.2 Å². The molecule has 18 heavy (non-hydrogen) atoms. The first kappa shape index (κ1) is 13.4. The molecule has 1 rings (SSSR count). The first-order valence-electron chi connectivity index (χ1n) is 5.22. The monoisotopic (exact) mass is 244 g/mol. The van der Waals surface area contributed by atoms with E-state index in [0.29, 0.717) is 11.3 Å². The zero-order valence-corrected chi connectivity index (χ0v) is 9.80. The number of esters is 1. The molecule has 0 saturated heterocycles. The number of rotatable bonds is 5. The van der Waals surface area contributed by atoms with E-state index in [-0.39, 0.29) is 12.3 Å². The highest BCUT2D eigenvalue weighted by Crippen LogP contribution is 2.08. The van der Waals surface area contributed by atoms with Crippen molar-refractivity contribution < 1.29 is 9.53 Å². The van der Waals surface area contributed by atoms with Gasteiger partial charge in [-0.2, -0.15) is 10.4 Å². The average Bonchev–Trinajstić information content (AvgIpc) is 2.39. The summed E-state index contributed by atoms with van der Waals surface area (Å²) in [5.74, 6) is -0.720. The highest BCUT2D eigenvalue weighted by molar-refractivity contribution is 6.58. The van der Waals surface area contributed by atoms with Gasteiger partial charge in [-0.25, -0.2) is 4.79 Å². The summed E-state index contributed by atoms with van der Waals surface area (Å²) in [7, 11) is 0. The lowest BCUT2D eigenvalue weighted by Crippen LogP contribution is -2.17. The minimum Gasteiger partial charge on any atom is -0.461 e. The molecule has 0 bridgehead atoms. The van der Waals surface area contributed by atoms with Gasteiger partial charge in [-0.05, 0) is 31.2 Å². The second-order valence-electron chi connectivity index (χ2n) is 3.19. The third-order valence-electron chi connectivity index (χ3n) is 1.90. The van der Waals surface area contributed by atoms with E-state index in [0.717, 1.165) is 6.21 Å². The second-order valence-corrected chi connectivity index (χ2v) is 3.19. The number of nitrogens with one attached hydrogen (secondary N) is 2. The molecule has 92 valence electrons. The average molecular weight is 244 g/mol. The number of anilines is 1. The second kappa shape index (κ2) is 6.81. The Balaban J connectivity index is 2.51. The van der Waals surface area contributed by atoms with Crippen molar-refractivity contribution in [1.82, 2.24) is 0 Å². The third kappa shape index (κ3) is 4.06. The number of nitrogens with zero attached hydrogens (tertiary/aromatic N) is 2. The van der Waals surface area contributed by atoms with E-state index < -0.39 is 5.97 Å². The number of ether oxygens (including phenoxy) is 1. The quantitative estimate of drug-likeness (QED) is 0.466. The molecule has 0 radical (unpaired) electrons. The Labute approximate surface area is 104 Å². The number of hydrogen-bond donors (Lipinski definition) is 2. The van der Waals surface area contributed by atoms with Gasteiger partial charge < -0.3 is 4.74 Å². The van der Waals surface area contributed by atoms with Crippen LogP contribution in [0.1, 0.15) is 12.5 Å². The van der Waals surface area contributed by atoms with Crippen LogP contribution >= 0.6 is 0 Å². The molecule has 0 amide bonds. The summed E-state index contributed by atoms with van der Waals surface area (Å²) >= 11 is 0. The molecule has 0 saturated carbocycles. The fraction of sp³-hybridized carbons (Fsp3) is 0.167. The molecule has 2 N–H and O–H groups in total. The summed E-state index contributed by atoms with van der Waals surface area (Å²) in [5.41, 5.74) is 3.50. The Bertz CT molecular complexity index is 500. The van der Waals surface area contributed by atoms with Crippen molar-refractivity contribution in [1.29, 1.82) is 10.7 Å². The Morgan fingerprint density at radius 2 is 2.22 bits per heavy atom. The van der Waals surface area contributed by atoms with Crippen molar-refractivity contribution in [3.63, 3.8) is 0 Å². The van der Waals surface area contributed by atoms with Crippen LogP contribution in [-0.2, 0) is 9.53 Å². The fourth-order valence-electron chi connectivity index (χ4n) is 1.05. The number of carbonyl (C=O) groups is 1. The van der Waals surface area contributed by atoms with Crippen LogP contribution < -0.4 is 5.43 Å². The normalized spacial score (nSPS) is 9.78. The van der Waals surface area contributed by atoms with E-state index in [1.807, 2.05) is 6.07 Å². The van der Waals surface area contributed by atoms with Gasteiger partial charge in [-0.3, -0.25) is 10.8 Å².